The number of halogens is 4. The molecule has 2 N–H and O–H groups in total. The molecule has 2 aromatic heterocycles. The molecule has 37 heavy (non-hydrogen) atoms. The fourth-order valence-electron chi connectivity index (χ4n) is 3.27. The Labute approximate surface area is 215 Å². The molecular formula is C25H22ClF3N4O4. The summed E-state index contributed by atoms with van der Waals surface area (Å²) in [6.07, 6.45) is -2.53. The zero-order valence-electron chi connectivity index (χ0n) is 19.8. The first-order chi connectivity index (χ1) is 17.5. The zero-order valence-corrected chi connectivity index (χ0v) is 20.6. The Morgan fingerprint density at radius 2 is 2.00 bits per heavy atom. The van der Waals surface area contributed by atoms with Crippen molar-refractivity contribution in [3.05, 3.63) is 69.6 Å². The summed E-state index contributed by atoms with van der Waals surface area (Å²) in [5.74, 6) is 3.62. The lowest BCUT2D eigenvalue weighted by Gasteiger charge is -2.12. The van der Waals surface area contributed by atoms with Gasteiger partial charge in [-0.15, -0.1) is 0 Å². The van der Waals surface area contributed by atoms with E-state index < -0.39 is 29.3 Å². The maximum atomic E-state index is 13.1. The molecule has 8 nitrogen and oxygen atoms in total. The molecule has 0 unspecified atom stereocenters. The lowest BCUT2D eigenvalue weighted by Crippen LogP contribution is -2.13. The van der Waals surface area contributed by atoms with Crippen molar-refractivity contribution in [1.82, 2.24) is 15.1 Å². The highest BCUT2D eigenvalue weighted by molar-refractivity contribution is 6.34. The average molecular weight is 535 g/mol. The summed E-state index contributed by atoms with van der Waals surface area (Å²) in [6, 6.07) is 4.74. The monoisotopic (exact) mass is 534 g/mol. The smallest absolute Gasteiger partial charge is 0.396 e. The van der Waals surface area contributed by atoms with Crippen LogP contribution in [0, 0.1) is 18.8 Å². The van der Waals surface area contributed by atoms with Crippen LogP contribution < -0.4 is 5.32 Å². The molecule has 0 spiro atoms. The third-order valence-corrected chi connectivity index (χ3v) is 5.63. The van der Waals surface area contributed by atoms with Gasteiger partial charge in [-0.1, -0.05) is 35.7 Å². The summed E-state index contributed by atoms with van der Waals surface area (Å²) in [4.78, 5) is 33.2. The molecule has 2 heterocycles. The largest absolute Gasteiger partial charge is 0.416 e. The lowest BCUT2D eigenvalue weighted by molar-refractivity contribution is -0.138. The van der Waals surface area contributed by atoms with Crippen molar-refractivity contribution in [2.24, 2.45) is 0 Å². The number of aryl methyl sites for hydroxylation is 1. The van der Waals surface area contributed by atoms with E-state index in [0.29, 0.717) is 12.8 Å². The minimum absolute atomic E-state index is 0.00414. The van der Waals surface area contributed by atoms with E-state index >= 15 is 0 Å². The van der Waals surface area contributed by atoms with Crippen molar-refractivity contribution in [3.8, 4) is 11.8 Å². The number of carbonyl (C=O) groups is 2. The molecule has 0 saturated heterocycles. The third kappa shape index (κ3) is 7.15. The van der Waals surface area contributed by atoms with Gasteiger partial charge in [-0.2, -0.15) is 13.2 Å². The van der Waals surface area contributed by atoms with Gasteiger partial charge in [0.1, 0.15) is 22.7 Å². The van der Waals surface area contributed by atoms with Crippen LogP contribution in [-0.4, -0.2) is 38.5 Å². The standard InChI is InChI=1S/C25H22ClF3N4O4/c1-14-7-8-16(11-17(14)25(27,28)29)32-24(36)21-12-19(33-37-21)15(2)10-20(35)23-22(26)18(30-13-31-23)6-4-3-5-9-34/h7-8,11-13,15,34H,3,5,9-10H2,1-2H3,(H,32,36)/t15-/m0/s1. The summed E-state index contributed by atoms with van der Waals surface area (Å²) in [7, 11) is 0. The predicted molar refractivity (Wildman–Crippen MR) is 128 cm³/mol. The predicted octanol–water partition coefficient (Wildman–Crippen LogP) is 5.20. The van der Waals surface area contributed by atoms with Gasteiger partial charge in [0.05, 0.1) is 11.3 Å². The molecule has 0 aliphatic rings. The fraction of sp³-hybridized carbons (Fsp3) is 0.320. The molecule has 0 radical (unpaired) electrons. The Morgan fingerprint density at radius 1 is 1.24 bits per heavy atom. The van der Waals surface area contributed by atoms with Crippen LogP contribution in [0.3, 0.4) is 0 Å². The van der Waals surface area contributed by atoms with Crippen LogP contribution in [0.5, 0.6) is 0 Å². The minimum Gasteiger partial charge on any atom is -0.396 e. The molecule has 194 valence electrons. The number of Topliss-reactive ketones (excluding diaryl/α,β-unsaturated/α-hetero) is 1. The Kier molecular flexibility index (Phi) is 9.02. The Balaban J connectivity index is 1.68. The van der Waals surface area contributed by atoms with Crippen LogP contribution >= 0.6 is 11.6 Å². The normalized spacial score (nSPS) is 12.0. The Morgan fingerprint density at radius 3 is 2.70 bits per heavy atom. The number of anilines is 1. The van der Waals surface area contributed by atoms with E-state index in [4.69, 9.17) is 21.2 Å². The van der Waals surface area contributed by atoms with Crippen molar-refractivity contribution >= 4 is 29.0 Å². The second kappa shape index (κ2) is 12.0. The lowest BCUT2D eigenvalue weighted by atomic mass is 9.99. The molecule has 3 aromatic rings. The first-order valence-electron chi connectivity index (χ1n) is 11.1. The van der Waals surface area contributed by atoms with E-state index in [1.165, 1.54) is 31.5 Å². The zero-order chi connectivity index (χ0) is 27.2. The number of hydrogen-bond donors (Lipinski definition) is 2. The highest BCUT2D eigenvalue weighted by Gasteiger charge is 2.32. The third-order valence-electron chi connectivity index (χ3n) is 5.27. The Hall–Kier alpha value is -3.75. The van der Waals surface area contributed by atoms with Gasteiger partial charge in [-0.25, -0.2) is 9.97 Å². The van der Waals surface area contributed by atoms with Crippen molar-refractivity contribution in [2.45, 2.75) is 45.2 Å². The topological polar surface area (TPSA) is 118 Å². The number of aromatic nitrogens is 3. The number of nitrogens with zero attached hydrogens (tertiary/aromatic N) is 3. The SMILES string of the molecule is Cc1ccc(NC(=O)c2cc([C@@H](C)CC(=O)c3ncnc(C#CCCCO)c3Cl)no2)cc1C(F)(F)F. The molecule has 3 rings (SSSR count). The van der Waals surface area contributed by atoms with Gasteiger partial charge in [0, 0.05) is 37.1 Å². The van der Waals surface area contributed by atoms with Gasteiger partial charge < -0.3 is 14.9 Å². The first kappa shape index (κ1) is 27.8. The van der Waals surface area contributed by atoms with Crippen LogP contribution in [0.15, 0.2) is 35.1 Å². The molecule has 0 fully saturated rings. The number of rotatable bonds is 8. The second-order valence-corrected chi connectivity index (χ2v) is 8.52. The number of aliphatic hydroxyl groups is 1. The number of benzene rings is 1. The summed E-state index contributed by atoms with van der Waals surface area (Å²) in [6.45, 7) is 3.00. The molecule has 1 aromatic carbocycles. The van der Waals surface area contributed by atoms with Gasteiger partial charge in [-0.05, 0) is 37.0 Å². The average Bonchev–Trinajstić information content (AvgIpc) is 3.34. The molecule has 0 aliphatic heterocycles. The quantitative estimate of drug-likeness (QED) is 0.232. The van der Waals surface area contributed by atoms with Gasteiger partial charge in [-0.3, -0.25) is 9.59 Å². The van der Waals surface area contributed by atoms with Crippen LogP contribution in [0.1, 0.15) is 75.7 Å². The Bertz CT molecular complexity index is 1360. The highest BCUT2D eigenvalue weighted by atomic mass is 35.5. The molecule has 1 amide bonds. The van der Waals surface area contributed by atoms with Gasteiger partial charge >= 0.3 is 6.18 Å². The second-order valence-electron chi connectivity index (χ2n) is 8.14. The molecule has 0 bridgehead atoms. The van der Waals surface area contributed by atoms with Crippen molar-refractivity contribution < 1.29 is 32.4 Å². The molecule has 1 atom stereocenters. The summed E-state index contributed by atoms with van der Waals surface area (Å²) >= 11 is 6.26. The van der Waals surface area contributed by atoms with Crippen molar-refractivity contribution in [1.29, 1.82) is 0 Å². The fourth-order valence-corrected chi connectivity index (χ4v) is 3.52. The van der Waals surface area contributed by atoms with Gasteiger partial charge in [0.25, 0.3) is 5.91 Å². The van der Waals surface area contributed by atoms with Crippen molar-refractivity contribution in [2.75, 3.05) is 11.9 Å². The van der Waals surface area contributed by atoms with Gasteiger partial charge in [0.2, 0.25) is 5.76 Å². The molecule has 12 heteroatoms. The van der Waals surface area contributed by atoms with Gasteiger partial charge in [0.15, 0.2) is 5.78 Å². The minimum atomic E-state index is -4.56. The highest BCUT2D eigenvalue weighted by Crippen LogP contribution is 2.33. The number of carbonyl (C=O) groups excluding carboxylic acids is 2. The number of nitrogens with one attached hydrogen (secondary N) is 1. The summed E-state index contributed by atoms with van der Waals surface area (Å²) in [5, 5.41) is 15.0. The summed E-state index contributed by atoms with van der Waals surface area (Å²) < 4.78 is 44.5. The van der Waals surface area contributed by atoms with E-state index in [-0.39, 0.29) is 52.1 Å². The molecule has 0 aliphatic carbocycles. The van der Waals surface area contributed by atoms with E-state index in [1.807, 2.05) is 0 Å². The molecule has 0 saturated carbocycles. The number of aliphatic hydroxyl groups excluding tert-OH is 1. The van der Waals surface area contributed by atoms with Crippen LogP contribution in [-0.2, 0) is 6.18 Å². The number of alkyl halides is 3. The van der Waals surface area contributed by atoms with Crippen LogP contribution in [0.2, 0.25) is 5.02 Å². The first-order valence-corrected chi connectivity index (χ1v) is 11.5. The number of hydrogen-bond acceptors (Lipinski definition) is 7. The van der Waals surface area contributed by atoms with Crippen molar-refractivity contribution in [3.63, 3.8) is 0 Å². The number of unbranched alkanes of at least 4 members (excludes halogenated alkanes) is 1. The molecular weight excluding hydrogens is 513 g/mol. The summed E-state index contributed by atoms with van der Waals surface area (Å²) in [5.41, 5.74) is -0.439. The van der Waals surface area contributed by atoms with E-state index in [2.05, 4.69) is 32.3 Å². The maximum absolute atomic E-state index is 13.1. The van der Waals surface area contributed by atoms with E-state index in [0.717, 1.165) is 6.07 Å². The number of ketones is 1. The van der Waals surface area contributed by atoms with Crippen LogP contribution in [0.4, 0.5) is 18.9 Å². The van der Waals surface area contributed by atoms with Crippen LogP contribution in [0.25, 0.3) is 0 Å². The maximum Gasteiger partial charge on any atom is 0.416 e. The van der Waals surface area contributed by atoms with E-state index in [1.54, 1.807) is 6.92 Å². The van der Waals surface area contributed by atoms with E-state index in [9.17, 15) is 22.8 Å². The number of amides is 1.